The van der Waals surface area contributed by atoms with Crippen molar-refractivity contribution in [1.29, 1.82) is 0 Å². The maximum Gasteiger partial charge on any atom is 0.343 e. The van der Waals surface area contributed by atoms with Gasteiger partial charge in [0, 0.05) is 18.3 Å². The van der Waals surface area contributed by atoms with Gasteiger partial charge in [0.15, 0.2) is 5.16 Å². The van der Waals surface area contributed by atoms with Crippen LogP contribution in [0.5, 0.6) is 0 Å². The number of nitrogens with one attached hydrogen (secondary N) is 2. The minimum absolute atomic E-state index is 0.121. The lowest BCUT2D eigenvalue weighted by Crippen LogP contribution is -2.31. The number of hydrogen-bond acceptors (Lipinski definition) is 4. The lowest BCUT2D eigenvalue weighted by atomic mass is 10.2. The van der Waals surface area contributed by atoms with Crippen LogP contribution >= 0.6 is 11.8 Å². The first-order chi connectivity index (χ1) is 8.22. The van der Waals surface area contributed by atoms with E-state index in [0.29, 0.717) is 12.6 Å². The summed E-state index contributed by atoms with van der Waals surface area (Å²) in [4.78, 5) is 11.4. The Morgan fingerprint density at radius 1 is 1.47 bits per heavy atom. The van der Waals surface area contributed by atoms with Crippen LogP contribution in [0.1, 0.15) is 33.6 Å². The van der Waals surface area contributed by atoms with Crippen molar-refractivity contribution in [2.75, 3.05) is 12.3 Å². The first-order valence-corrected chi connectivity index (χ1v) is 7.22. The number of rotatable bonds is 8. The number of nitrogens with zero attached hydrogens (tertiary/aromatic N) is 2. The summed E-state index contributed by atoms with van der Waals surface area (Å²) in [5, 5.41) is 10.8. The topological polar surface area (TPSA) is 62.7 Å². The van der Waals surface area contributed by atoms with E-state index >= 15 is 0 Å². The van der Waals surface area contributed by atoms with Gasteiger partial charge in [0.25, 0.3) is 0 Å². The Bertz CT molecular complexity index is 374. The van der Waals surface area contributed by atoms with Crippen LogP contribution in [-0.4, -0.2) is 33.1 Å². The summed E-state index contributed by atoms with van der Waals surface area (Å²) in [6.45, 7) is 7.99. The van der Waals surface area contributed by atoms with Crippen molar-refractivity contribution >= 4 is 11.8 Å². The van der Waals surface area contributed by atoms with Gasteiger partial charge < -0.3 is 5.32 Å². The smallest absolute Gasteiger partial charge is 0.313 e. The summed E-state index contributed by atoms with van der Waals surface area (Å²) in [5.41, 5.74) is -0.121. The largest absolute Gasteiger partial charge is 0.343 e. The van der Waals surface area contributed by atoms with Crippen molar-refractivity contribution < 1.29 is 0 Å². The number of H-pyrrole nitrogens is 1. The molecular formula is C11H22N4OS. The number of aromatic amines is 1. The lowest BCUT2D eigenvalue weighted by molar-refractivity contribution is 0.538. The molecule has 5 nitrogen and oxygen atoms in total. The minimum Gasteiger partial charge on any atom is -0.313 e. The average Bonchev–Trinajstić information content (AvgIpc) is 2.70. The highest BCUT2D eigenvalue weighted by atomic mass is 32.2. The van der Waals surface area contributed by atoms with E-state index in [1.807, 2.05) is 6.92 Å². The normalized spacial score (nSPS) is 12.9. The molecule has 1 unspecified atom stereocenters. The van der Waals surface area contributed by atoms with Gasteiger partial charge >= 0.3 is 5.69 Å². The molecule has 0 aliphatic rings. The van der Waals surface area contributed by atoms with Crippen molar-refractivity contribution in [3.8, 4) is 0 Å². The van der Waals surface area contributed by atoms with Crippen LogP contribution in [0.3, 0.4) is 0 Å². The first kappa shape index (κ1) is 14.3. The summed E-state index contributed by atoms with van der Waals surface area (Å²) in [6.07, 6.45) is 2.23. The fourth-order valence-electron chi connectivity index (χ4n) is 1.54. The van der Waals surface area contributed by atoms with Crippen LogP contribution in [0.25, 0.3) is 0 Å². The van der Waals surface area contributed by atoms with Crippen LogP contribution in [0.4, 0.5) is 0 Å². The van der Waals surface area contributed by atoms with Gasteiger partial charge in [-0.2, -0.15) is 0 Å². The van der Waals surface area contributed by atoms with Gasteiger partial charge in [0.2, 0.25) is 0 Å². The molecule has 1 aromatic rings. The number of thioether (sulfide) groups is 1. The molecule has 1 aromatic heterocycles. The fraction of sp³-hybridized carbons (Fsp3) is 0.818. The van der Waals surface area contributed by atoms with E-state index in [4.69, 9.17) is 0 Å². The van der Waals surface area contributed by atoms with E-state index in [2.05, 4.69) is 29.4 Å². The van der Waals surface area contributed by atoms with Crippen molar-refractivity contribution in [1.82, 2.24) is 20.1 Å². The van der Waals surface area contributed by atoms with E-state index < -0.39 is 0 Å². The third-order valence-electron chi connectivity index (χ3n) is 2.63. The molecule has 0 spiro atoms. The maximum atomic E-state index is 11.4. The first-order valence-electron chi connectivity index (χ1n) is 6.24. The molecular weight excluding hydrogens is 236 g/mol. The van der Waals surface area contributed by atoms with Crippen molar-refractivity contribution in [2.24, 2.45) is 0 Å². The third-order valence-corrected chi connectivity index (χ3v) is 3.77. The van der Waals surface area contributed by atoms with Crippen LogP contribution in [-0.2, 0) is 6.54 Å². The van der Waals surface area contributed by atoms with Crippen molar-refractivity contribution in [3.63, 3.8) is 0 Å². The molecule has 1 heterocycles. The molecule has 1 atom stereocenters. The molecule has 17 heavy (non-hydrogen) atoms. The zero-order chi connectivity index (χ0) is 12.7. The van der Waals surface area contributed by atoms with Gasteiger partial charge in [0.05, 0.1) is 0 Å². The Balaban J connectivity index is 2.50. The zero-order valence-electron chi connectivity index (χ0n) is 10.8. The zero-order valence-corrected chi connectivity index (χ0v) is 11.6. The molecule has 0 bridgehead atoms. The molecule has 0 aromatic carbocycles. The van der Waals surface area contributed by atoms with Gasteiger partial charge in [-0.05, 0) is 26.3 Å². The molecule has 98 valence electrons. The third kappa shape index (κ3) is 4.20. The van der Waals surface area contributed by atoms with Crippen LogP contribution in [0.15, 0.2) is 9.95 Å². The van der Waals surface area contributed by atoms with E-state index in [9.17, 15) is 4.79 Å². The second-order valence-corrected chi connectivity index (χ2v) is 4.91. The van der Waals surface area contributed by atoms with Crippen LogP contribution in [0.2, 0.25) is 0 Å². The fourth-order valence-corrected chi connectivity index (χ4v) is 2.72. The van der Waals surface area contributed by atoms with Crippen LogP contribution < -0.4 is 11.0 Å². The summed E-state index contributed by atoms with van der Waals surface area (Å²) in [5.74, 6) is 0.945. The second-order valence-electron chi connectivity index (χ2n) is 3.93. The standard InChI is InChI=1S/C11H22N4OS/c1-4-7-12-9(5-2)8-17-11-14-13-10(16)15(11)6-3/h9,12H,4-8H2,1-3H3,(H,13,16). The Morgan fingerprint density at radius 3 is 2.82 bits per heavy atom. The number of aromatic nitrogens is 3. The SMILES string of the molecule is CCCNC(CC)CSc1n[nH]c(=O)n1CC. The monoisotopic (exact) mass is 258 g/mol. The molecule has 6 heteroatoms. The summed E-state index contributed by atoms with van der Waals surface area (Å²) in [7, 11) is 0. The molecule has 2 N–H and O–H groups in total. The van der Waals surface area contributed by atoms with E-state index in [1.165, 1.54) is 0 Å². The van der Waals surface area contributed by atoms with Crippen molar-refractivity contribution in [3.05, 3.63) is 10.5 Å². The van der Waals surface area contributed by atoms with E-state index in [0.717, 1.165) is 30.3 Å². The highest BCUT2D eigenvalue weighted by Crippen LogP contribution is 2.15. The Hall–Kier alpha value is -0.750. The lowest BCUT2D eigenvalue weighted by Gasteiger charge is -2.15. The molecule has 0 saturated carbocycles. The average molecular weight is 258 g/mol. The minimum atomic E-state index is -0.121. The summed E-state index contributed by atoms with van der Waals surface area (Å²) < 4.78 is 1.66. The highest BCUT2D eigenvalue weighted by Gasteiger charge is 2.10. The Morgan fingerprint density at radius 2 is 2.24 bits per heavy atom. The molecule has 0 aliphatic heterocycles. The van der Waals surface area contributed by atoms with E-state index in [-0.39, 0.29) is 5.69 Å². The molecule has 0 aliphatic carbocycles. The summed E-state index contributed by atoms with van der Waals surface area (Å²) >= 11 is 1.63. The van der Waals surface area contributed by atoms with Gasteiger partial charge in [-0.3, -0.25) is 4.57 Å². The van der Waals surface area contributed by atoms with Gasteiger partial charge in [0.1, 0.15) is 0 Å². The molecule has 0 amide bonds. The molecule has 0 fully saturated rings. The Kier molecular flexibility index (Phi) is 6.36. The predicted molar refractivity (Wildman–Crippen MR) is 71.6 cm³/mol. The highest BCUT2D eigenvalue weighted by molar-refractivity contribution is 7.99. The molecule has 0 radical (unpaired) electrons. The molecule has 1 rings (SSSR count). The van der Waals surface area contributed by atoms with Crippen molar-refractivity contribution in [2.45, 2.75) is 51.4 Å². The van der Waals surface area contributed by atoms with Crippen LogP contribution in [0, 0.1) is 0 Å². The second kappa shape index (κ2) is 7.55. The maximum absolute atomic E-state index is 11.4. The number of hydrogen-bond donors (Lipinski definition) is 2. The quantitative estimate of drug-likeness (QED) is 0.693. The van der Waals surface area contributed by atoms with E-state index in [1.54, 1.807) is 16.3 Å². The molecule has 0 saturated heterocycles. The van der Waals surface area contributed by atoms with Gasteiger partial charge in [-0.15, -0.1) is 5.10 Å². The summed E-state index contributed by atoms with van der Waals surface area (Å²) in [6, 6.07) is 0.483. The predicted octanol–water partition coefficient (Wildman–Crippen LogP) is 1.46. The van der Waals surface area contributed by atoms with Gasteiger partial charge in [-0.25, -0.2) is 9.89 Å². The van der Waals surface area contributed by atoms with Gasteiger partial charge in [-0.1, -0.05) is 25.6 Å². The Labute approximate surface area is 106 Å².